The number of nitrogens with one attached hydrogen (secondary N) is 2. The van der Waals surface area contributed by atoms with Crippen molar-refractivity contribution in [2.45, 2.75) is 52.2 Å². The van der Waals surface area contributed by atoms with E-state index in [1.807, 2.05) is 13.8 Å². The van der Waals surface area contributed by atoms with Gasteiger partial charge in [0.25, 0.3) is 11.5 Å². The Morgan fingerprint density at radius 3 is 2.77 bits per heavy atom. The number of carbonyl (C=O) groups is 2. The van der Waals surface area contributed by atoms with E-state index in [1.165, 1.54) is 4.68 Å². The number of nitrogens with zero attached hydrogens (tertiary/aromatic N) is 3. The van der Waals surface area contributed by atoms with Crippen molar-refractivity contribution in [3.63, 3.8) is 0 Å². The number of H-pyrrole nitrogens is 1. The minimum Gasteiger partial charge on any atom is -0.493 e. The quantitative estimate of drug-likeness (QED) is 0.216. The van der Waals surface area contributed by atoms with E-state index in [9.17, 15) is 14.4 Å². The summed E-state index contributed by atoms with van der Waals surface area (Å²) in [6, 6.07) is 8.18. The number of amides is 1. The molecule has 1 aromatic carbocycles. The molecule has 4 aromatic rings. The van der Waals surface area contributed by atoms with E-state index < -0.39 is 12.2 Å². The second-order valence-electron chi connectivity index (χ2n) is 9.41. The van der Waals surface area contributed by atoms with Crippen LogP contribution >= 0.6 is 11.3 Å². The van der Waals surface area contributed by atoms with Gasteiger partial charge in [0, 0.05) is 25.6 Å². The van der Waals surface area contributed by atoms with Crippen LogP contribution in [0.15, 0.2) is 35.1 Å². The second kappa shape index (κ2) is 12.1. The molecule has 0 saturated carbocycles. The lowest BCUT2D eigenvalue weighted by atomic mass is 10.0. The summed E-state index contributed by atoms with van der Waals surface area (Å²) < 4.78 is 12.8. The number of hydroxylamine groups is 1. The van der Waals surface area contributed by atoms with Crippen molar-refractivity contribution in [1.29, 1.82) is 0 Å². The second-order valence-corrected chi connectivity index (χ2v) is 10.5. The molecule has 1 unspecified atom stereocenters. The normalized spacial score (nSPS) is 15.3. The van der Waals surface area contributed by atoms with E-state index in [0.717, 1.165) is 36.3 Å². The highest BCUT2D eigenvalue weighted by molar-refractivity contribution is 7.16. The van der Waals surface area contributed by atoms with E-state index in [4.69, 9.17) is 19.3 Å². The number of hydrogen-bond donors (Lipinski definition) is 2. The first-order valence-corrected chi connectivity index (χ1v) is 14.2. The zero-order valence-corrected chi connectivity index (χ0v) is 23.4. The standard InChI is InChI=1S/C28H31N5O6S/c1-4-8-18-23-24(33(3)31-18)28(36)30-26(29-23)17-15-16(10-11-19(17)37-5-2)25(34)20-12-13-21(40-20)27(35)32-39-22-9-6-7-14-38-22/h10-13,15,22H,4-9,14H2,1-3H3,(H,32,35)(H,29,30,36). The Hall–Kier alpha value is -3.87. The minimum atomic E-state index is -0.468. The SMILES string of the molecule is CCCc1nn(C)c2c(=O)[nH]c(-c3cc(C(=O)c4ccc(C(=O)NOC5CCCCO5)s4)ccc3OCC)nc12. The lowest BCUT2D eigenvalue weighted by molar-refractivity contribution is -0.186. The lowest BCUT2D eigenvalue weighted by Crippen LogP contribution is -2.32. The molecule has 1 saturated heterocycles. The van der Waals surface area contributed by atoms with Crippen molar-refractivity contribution in [1.82, 2.24) is 25.2 Å². The zero-order valence-electron chi connectivity index (χ0n) is 22.6. The van der Waals surface area contributed by atoms with Gasteiger partial charge in [-0.25, -0.2) is 15.3 Å². The maximum atomic E-state index is 13.4. The highest BCUT2D eigenvalue weighted by Gasteiger charge is 2.22. The zero-order chi connectivity index (χ0) is 28.2. The summed E-state index contributed by atoms with van der Waals surface area (Å²) in [5.41, 5.74) is 4.58. The Balaban J connectivity index is 1.43. The van der Waals surface area contributed by atoms with Crippen LogP contribution in [0.2, 0.25) is 0 Å². The number of hydrogen-bond acceptors (Lipinski definition) is 9. The molecule has 40 heavy (non-hydrogen) atoms. The van der Waals surface area contributed by atoms with E-state index in [-0.39, 0.29) is 17.2 Å². The van der Waals surface area contributed by atoms with Gasteiger partial charge >= 0.3 is 0 Å². The van der Waals surface area contributed by atoms with Gasteiger partial charge in [0.05, 0.1) is 27.6 Å². The summed E-state index contributed by atoms with van der Waals surface area (Å²) in [4.78, 5) is 52.7. The number of aromatic nitrogens is 4. The molecule has 1 fully saturated rings. The van der Waals surface area contributed by atoms with Crippen LogP contribution in [0.5, 0.6) is 5.75 Å². The summed E-state index contributed by atoms with van der Waals surface area (Å²) in [6.45, 7) is 4.87. The first-order chi connectivity index (χ1) is 19.4. The Morgan fingerprint density at radius 2 is 2.02 bits per heavy atom. The van der Waals surface area contributed by atoms with E-state index in [0.29, 0.717) is 63.7 Å². The predicted octanol–water partition coefficient (Wildman–Crippen LogP) is 4.16. The van der Waals surface area contributed by atoms with Crippen LogP contribution in [0.1, 0.15) is 70.1 Å². The summed E-state index contributed by atoms with van der Waals surface area (Å²) >= 11 is 1.06. The number of ketones is 1. The van der Waals surface area contributed by atoms with Crippen molar-refractivity contribution >= 4 is 34.1 Å². The largest absolute Gasteiger partial charge is 0.493 e. The Morgan fingerprint density at radius 1 is 1.20 bits per heavy atom. The van der Waals surface area contributed by atoms with Gasteiger partial charge in [-0.05, 0) is 56.5 Å². The fourth-order valence-corrected chi connectivity index (χ4v) is 5.47. The Bertz CT molecular complexity index is 1600. The maximum Gasteiger partial charge on any atom is 0.285 e. The van der Waals surface area contributed by atoms with Crippen LogP contribution < -0.4 is 15.8 Å². The molecule has 2 N–H and O–H groups in total. The van der Waals surface area contributed by atoms with Crippen molar-refractivity contribution in [2.75, 3.05) is 13.2 Å². The molecule has 5 rings (SSSR count). The number of ether oxygens (including phenoxy) is 2. The number of rotatable bonds is 10. The van der Waals surface area contributed by atoms with Gasteiger partial charge in [0.1, 0.15) is 17.1 Å². The molecule has 4 heterocycles. The Labute approximate surface area is 234 Å². The van der Waals surface area contributed by atoms with Gasteiger partial charge in [-0.2, -0.15) is 5.10 Å². The monoisotopic (exact) mass is 565 g/mol. The molecular weight excluding hydrogens is 534 g/mol. The van der Waals surface area contributed by atoms with Crippen LogP contribution in [0, 0.1) is 0 Å². The fraction of sp³-hybridized carbons (Fsp3) is 0.393. The average molecular weight is 566 g/mol. The van der Waals surface area contributed by atoms with Gasteiger partial charge < -0.3 is 14.5 Å². The fourth-order valence-electron chi connectivity index (χ4n) is 4.62. The van der Waals surface area contributed by atoms with E-state index in [1.54, 1.807) is 37.4 Å². The summed E-state index contributed by atoms with van der Waals surface area (Å²) in [7, 11) is 1.72. The molecule has 1 atom stereocenters. The van der Waals surface area contributed by atoms with Crippen molar-refractivity contribution in [2.24, 2.45) is 7.05 Å². The number of thiophene rings is 1. The Kier molecular flexibility index (Phi) is 8.38. The van der Waals surface area contributed by atoms with Gasteiger partial charge in [0.15, 0.2) is 11.8 Å². The highest BCUT2D eigenvalue weighted by Crippen LogP contribution is 2.31. The molecule has 0 radical (unpaired) electrons. The third-order valence-corrected chi connectivity index (χ3v) is 7.60. The minimum absolute atomic E-state index is 0.277. The van der Waals surface area contributed by atoms with Crippen LogP contribution in [0.25, 0.3) is 22.4 Å². The number of aromatic amines is 1. The molecule has 1 aliphatic rings. The smallest absolute Gasteiger partial charge is 0.285 e. The highest BCUT2D eigenvalue weighted by atomic mass is 32.1. The van der Waals surface area contributed by atoms with Crippen LogP contribution in [-0.2, 0) is 23.0 Å². The summed E-state index contributed by atoms with van der Waals surface area (Å²) in [6.07, 6.45) is 3.72. The number of aryl methyl sites for hydroxylation is 2. The maximum absolute atomic E-state index is 13.4. The van der Waals surface area contributed by atoms with Gasteiger partial charge in [-0.15, -0.1) is 11.3 Å². The summed E-state index contributed by atoms with van der Waals surface area (Å²) in [5.74, 6) is 0.0477. The van der Waals surface area contributed by atoms with Gasteiger partial charge in [0.2, 0.25) is 5.78 Å². The van der Waals surface area contributed by atoms with E-state index >= 15 is 0 Å². The topological polar surface area (TPSA) is 137 Å². The van der Waals surface area contributed by atoms with Gasteiger partial charge in [-0.1, -0.05) is 13.3 Å². The lowest BCUT2D eigenvalue weighted by Gasteiger charge is -2.21. The van der Waals surface area contributed by atoms with Crippen molar-refractivity contribution in [3.8, 4) is 17.1 Å². The first-order valence-electron chi connectivity index (χ1n) is 13.3. The molecule has 3 aromatic heterocycles. The molecular formula is C28H31N5O6S. The first kappa shape index (κ1) is 27.7. The molecule has 0 bridgehead atoms. The number of carbonyl (C=O) groups excluding carboxylic acids is 2. The molecule has 210 valence electrons. The van der Waals surface area contributed by atoms with Crippen LogP contribution in [0.4, 0.5) is 0 Å². The van der Waals surface area contributed by atoms with Crippen LogP contribution in [-0.4, -0.2) is 50.9 Å². The van der Waals surface area contributed by atoms with Crippen LogP contribution in [0.3, 0.4) is 0 Å². The number of fused-ring (bicyclic) bond motifs is 1. The average Bonchev–Trinajstić information content (AvgIpc) is 3.58. The molecule has 1 aliphatic heterocycles. The van der Waals surface area contributed by atoms with E-state index in [2.05, 4.69) is 15.6 Å². The summed E-state index contributed by atoms with van der Waals surface area (Å²) in [5, 5.41) is 4.48. The number of benzene rings is 1. The molecule has 0 spiro atoms. The molecule has 11 nitrogen and oxygen atoms in total. The predicted molar refractivity (Wildman–Crippen MR) is 150 cm³/mol. The van der Waals surface area contributed by atoms with Gasteiger partial charge in [-0.3, -0.25) is 19.1 Å². The molecule has 1 amide bonds. The third-order valence-electron chi connectivity index (χ3n) is 6.52. The van der Waals surface area contributed by atoms with Crippen molar-refractivity contribution < 1.29 is 23.9 Å². The van der Waals surface area contributed by atoms with Crippen molar-refractivity contribution in [3.05, 3.63) is 61.7 Å². The molecule has 0 aliphatic carbocycles. The molecule has 12 heteroatoms. The third kappa shape index (κ3) is 5.69.